The number of hydrogen-bond acceptors (Lipinski definition) is 2. The number of amides is 1. The molecule has 0 fully saturated rings. The molecule has 0 aliphatic heterocycles. The first-order valence-electron chi connectivity index (χ1n) is 2.97. The van der Waals surface area contributed by atoms with Crippen molar-refractivity contribution in [3.63, 3.8) is 0 Å². The third-order valence-corrected chi connectivity index (χ3v) is 2.21. The van der Waals surface area contributed by atoms with Crippen molar-refractivity contribution in [3.8, 4) is 0 Å². The van der Waals surface area contributed by atoms with Crippen LogP contribution >= 0.6 is 11.3 Å². The van der Waals surface area contributed by atoms with Crippen LogP contribution in [0.5, 0.6) is 0 Å². The van der Waals surface area contributed by atoms with E-state index in [1.54, 1.807) is 11.3 Å². The van der Waals surface area contributed by atoms with Crippen LogP contribution in [0.4, 0.5) is 0 Å². The van der Waals surface area contributed by atoms with Crippen molar-refractivity contribution in [2.24, 2.45) is 0 Å². The number of thiophene rings is 1. The van der Waals surface area contributed by atoms with Gasteiger partial charge in [0, 0.05) is 4.88 Å². The Morgan fingerprint density at radius 3 is 2.90 bits per heavy atom. The summed E-state index contributed by atoms with van der Waals surface area (Å²) in [5.41, 5.74) is 7.71. The summed E-state index contributed by atoms with van der Waals surface area (Å²) in [4.78, 5) is 11.5. The standard InChI is InChI=1S/C7H8NOS/c1-5-6(2-3-10-5)4-7(8)9/h2-3,8H,4H2,1H3. The van der Waals surface area contributed by atoms with Gasteiger partial charge < -0.3 is 0 Å². The molecule has 53 valence electrons. The summed E-state index contributed by atoms with van der Waals surface area (Å²) in [5, 5.41) is 1.94. The van der Waals surface area contributed by atoms with Crippen LogP contribution in [0, 0.1) is 6.92 Å². The van der Waals surface area contributed by atoms with Gasteiger partial charge in [-0.3, -0.25) is 10.5 Å². The lowest BCUT2D eigenvalue weighted by Crippen LogP contribution is -2.01. The van der Waals surface area contributed by atoms with Gasteiger partial charge in [0.15, 0.2) is 0 Å². The highest BCUT2D eigenvalue weighted by Crippen LogP contribution is 2.14. The van der Waals surface area contributed by atoms with Gasteiger partial charge in [0.1, 0.15) is 0 Å². The van der Waals surface area contributed by atoms with Crippen molar-refractivity contribution >= 4 is 17.2 Å². The highest BCUT2D eigenvalue weighted by atomic mass is 32.1. The molecule has 1 aromatic rings. The number of carbonyl (C=O) groups is 1. The molecule has 1 heterocycles. The highest BCUT2D eigenvalue weighted by Gasteiger charge is 2.02. The Morgan fingerprint density at radius 2 is 2.50 bits per heavy atom. The Bertz CT molecular complexity index is 242. The van der Waals surface area contributed by atoms with Gasteiger partial charge in [-0.2, -0.15) is 0 Å². The number of rotatable bonds is 2. The maximum absolute atomic E-state index is 10.3. The molecule has 10 heavy (non-hydrogen) atoms. The average molecular weight is 154 g/mol. The smallest absolute Gasteiger partial charge is 0.242 e. The Kier molecular flexibility index (Phi) is 2.06. The third-order valence-electron chi connectivity index (χ3n) is 1.32. The van der Waals surface area contributed by atoms with Gasteiger partial charge in [-0.05, 0) is 23.9 Å². The van der Waals surface area contributed by atoms with Crippen molar-refractivity contribution in [3.05, 3.63) is 21.9 Å². The third kappa shape index (κ3) is 1.57. The molecule has 0 saturated heterocycles. The number of carbonyl (C=O) groups excluding carboxylic acids is 1. The largest absolute Gasteiger partial charge is 0.273 e. The van der Waals surface area contributed by atoms with Gasteiger partial charge in [0.25, 0.3) is 0 Å². The molecule has 0 aromatic carbocycles. The van der Waals surface area contributed by atoms with Gasteiger partial charge in [-0.25, -0.2) is 0 Å². The molecule has 1 rings (SSSR count). The van der Waals surface area contributed by atoms with Crippen molar-refractivity contribution in [1.82, 2.24) is 5.73 Å². The van der Waals surface area contributed by atoms with Gasteiger partial charge in [-0.1, -0.05) is 0 Å². The Hall–Kier alpha value is -0.830. The fourth-order valence-corrected chi connectivity index (χ4v) is 1.50. The van der Waals surface area contributed by atoms with E-state index in [1.165, 1.54) is 0 Å². The van der Waals surface area contributed by atoms with Crippen LogP contribution in [0.15, 0.2) is 11.4 Å². The van der Waals surface area contributed by atoms with Gasteiger partial charge in [0.2, 0.25) is 5.91 Å². The Labute approximate surface area is 63.7 Å². The van der Waals surface area contributed by atoms with E-state index in [2.05, 4.69) is 0 Å². The summed E-state index contributed by atoms with van der Waals surface area (Å²) in [6.07, 6.45) is 0.259. The number of nitrogens with one attached hydrogen (secondary N) is 1. The van der Waals surface area contributed by atoms with Crippen molar-refractivity contribution < 1.29 is 4.79 Å². The SMILES string of the molecule is Cc1sccc1CC([NH])=O. The molecule has 3 heteroatoms. The van der Waals surface area contributed by atoms with Crippen LogP contribution in [-0.2, 0) is 11.2 Å². The summed E-state index contributed by atoms with van der Waals surface area (Å²) in [6.45, 7) is 1.96. The maximum Gasteiger partial charge on any atom is 0.242 e. The molecule has 0 spiro atoms. The first kappa shape index (κ1) is 7.28. The van der Waals surface area contributed by atoms with E-state index < -0.39 is 5.91 Å². The molecule has 0 bridgehead atoms. The second-order valence-corrected chi connectivity index (χ2v) is 3.22. The monoisotopic (exact) mass is 154 g/mol. The van der Waals surface area contributed by atoms with Crippen molar-refractivity contribution in [2.75, 3.05) is 0 Å². The zero-order chi connectivity index (χ0) is 7.56. The van der Waals surface area contributed by atoms with E-state index in [-0.39, 0.29) is 6.42 Å². The highest BCUT2D eigenvalue weighted by molar-refractivity contribution is 7.10. The zero-order valence-corrected chi connectivity index (χ0v) is 6.49. The van der Waals surface area contributed by atoms with E-state index in [9.17, 15) is 4.79 Å². The average Bonchev–Trinajstić information content (AvgIpc) is 2.15. The lowest BCUT2D eigenvalue weighted by Gasteiger charge is -1.91. The van der Waals surface area contributed by atoms with Gasteiger partial charge in [-0.15, -0.1) is 11.3 Å². The molecule has 1 N–H and O–H groups in total. The first-order chi connectivity index (χ1) is 4.70. The van der Waals surface area contributed by atoms with Crippen LogP contribution in [0.25, 0.3) is 0 Å². The van der Waals surface area contributed by atoms with Crippen molar-refractivity contribution in [2.45, 2.75) is 13.3 Å². The minimum absolute atomic E-state index is 0.259. The predicted molar refractivity (Wildman–Crippen MR) is 40.9 cm³/mol. The van der Waals surface area contributed by atoms with Crippen LogP contribution in [0.1, 0.15) is 10.4 Å². The fraction of sp³-hybridized carbons (Fsp3) is 0.286. The minimum Gasteiger partial charge on any atom is -0.273 e. The van der Waals surface area contributed by atoms with Crippen LogP contribution in [0.2, 0.25) is 0 Å². The molecule has 1 radical (unpaired) electrons. The first-order valence-corrected chi connectivity index (χ1v) is 3.85. The van der Waals surface area contributed by atoms with E-state index >= 15 is 0 Å². The van der Waals surface area contributed by atoms with Crippen LogP contribution in [0.3, 0.4) is 0 Å². The molecular weight excluding hydrogens is 146 g/mol. The van der Waals surface area contributed by atoms with E-state index in [0.717, 1.165) is 10.4 Å². The summed E-state index contributed by atoms with van der Waals surface area (Å²) < 4.78 is 0. The zero-order valence-electron chi connectivity index (χ0n) is 5.68. The van der Waals surface area contributed by atoms with E-state index in [4.69, 9.17) is 5.73 Å². The molecule has 0 saturated carbocycles. The lowest BCUT2D eigenvalue weighted by atomic mass is 10.2. The molecule has 0 unspecified atom stereocenters. The minimum atomic E-state index is -0.512. The fourth-order valence-electron chi connectivity index (χ4n) is 0.768. The van der Waals surface area contributed by atoms with Crippen LogP contribution < -0.4 is 5.73 Å². The molecule has 2 nitrogen and oxygen atoms in total. The van der Waals surface area contributed by atoms with Gasteiger partial charge >= 0.3 is 0 Å². The molecule has 0 aliphatic rings. The Balaban J connectivity index is 2.74. The summed E-state index contributed by atoms with van der Waals surface area (Å²) in [5.74, 6) is -0.512. The van der Waals surface area contributed by atoms with E-state index in [0.29, 0.717) is 0 Å². The molecule has 0 atom stereocenters. The number of hydrogen-bond donors (Lipinski definition) is 0. The normalized spacial score (nSPS) is 9.70. The molecule has 1 aromatic heterocycles. The Morgan fingerprint density at radius 1 is 1.80 bits per heavy atom. The maximum atomic E-state index is 10.3. The molecule has 1 amide bonds. The summed E-state index contributed by atoms with van der Waals surface area (Å²) in [7, 11) is 0. The lowest BCUT2D eigenvalue weighted by molar-refractivity contribution is -0.118. The molecular formula is C7H8NOS. The molecule has 0 aliphatic carbocycles. The second kappa shape index (κ2) is 2.84. The topological polar surface area (TPSA) is 40.9 Å². The van der Waals surface area contributed by atoms with E-state index in [1.807, 2.05) is 18.4 Å². The number of aryl methyl sites for hydroxylation is 1. The summed E-state index contributed by atoms with van der Waals surface area (Å²) in [6, 6.07) is 1.90. The second-order valence-electron chi connectivity index (χ2n) is 2.10. The van der Waals surface area contributed by atoms with Crippen molar-refractivity contribution in [1.29, 1.82) is 0 Å². The van der Waals surface area contributed by atoms with Crippen LogP contribution in [-0.4, -0.2) is 5.91 Å². The summed E-state index contributed by atoms with van der Waals surface area (Å²) >= 11 is 1.61. The predicted octanol–water partition coefficient (Wildman–Crippen LogP) is 1.41. The van der Waals surface area contributed by atoms with Gasteiger partial charge in [0.05, 0.1) is 6.42 Å². The quantitative estimate of drug-likeness (QED) is 0.635.